The number of nitrogens with two attached hydrogens (primary N) is 1. The fourth-order valence-corrected chi connectivity index (χ4v) is 3.07. The summed E-state index contributed by atoms with van der Waals surface area (Å²) in [5.74, 6) is 0.103. The van der Waals surface area contributed by atoms with Gasteiger partial charge in [0.2, 0.25) is 0 Å². The molecule has 4 heteroatoms. The number of benzene rings is 1. The van der Waals surface area contributed by atoms with Crippen LogP contribution in [0.2, 0.25) is 0 Å². The molecule has 0 spiro atoms. The first-order valence-electron chi connectivity index (χ1n) is 6.85. The topological polar surface area (TPSA) is 46.3 Å². The number of hydrogen-bond donors (Lipinski definition) is 1. The quantitative estimate of drug-likeness (QED) is 0.875. The van der Waals surface area contributed by atoms with Gasteiger partial charge in [-0.05, 0) is 48.9 Å². The molecule has 0 radical (unpaired) electrons. The monoisotopic (exact) mass is 286 g/mol. The van der Waals surface area contributed by atoms with Gasteiger partial charge in [-0.15, -0.1) is 11.3 Å². The van der Waals surface area contributed by atoms with Gasteiger partial charge in [0.05, 0.1) is 6.54 Å². The Labute approximate surface area is 123 Å². The number of thiophene rings is 1. The van der Waals surface area contributed by atoms with Crippen molar-refractivity contribution in [2.45, 2.75) is 32.4 Å². The molecular formula is C16H18N2OS. The minimum absolute atomic E-state index is 0.103. The molecule has 1 aromatic carbocycles. The fourth-order valence-electron chi connectivity index (χ4n) is 2.36. The predicted molar refractivity (Wildman–Crippen MR) is 82.8 cm³/mol. The van der Waals surface area contributed by atoms with E-state index in [1.165, 1.54) is 4.88 Å². The number of rotatable bonds is 4. The van der Waals surface area contributed by atoms with Crippen LogP contribution in [0, 0.1) is 6.92 Å². The zero-order valence-electron chi connectivity index (χ0n) is 11.5. The summed E-state index contributed by atoms with van der Waals surface area (Å²) >= 11 is 1.70. The van der Waals surface area contributed by atoms with Crippen LogP contribution in [0.5, 0.6) is 0 Å². The SMILES string of the molecule is Cc1c(N)cccc1C(=O)N(Cc1cccs1)C1CC1. The Balaban J connectivity index is 1.87. The molecule has 1 fully saturated rings. The zero-order valence-corrected chi connectivity index (χ0v) is 12.3. The average Bonchev–Trinajstić information content (AvgIpc) is 3.15. The molecule has 1 heterocycles. The van der Waals surface area contributed by atoms with Gasteiger partial charge in [0.1, 0.15) is 0 Å². The molecular weight excluding hydrogens is 268 g/mol. The molecule has 1 aliphatic carbocycles. The third kappa shape index (κ3) is 2.56. The van der Waals surface area contributed by atoms with E-state index in [1.807, 2.05) is 36.1 Å². The van der Waals surface area contributed by atoms with E-state index in [4.69, 9.17) is 5.73 Å². The molecule has 0 aliphatic heterocycles. The van der Waals surface area contributed by atoms with Crippen molar-refractivity contribution in [2.75, 3.05) is 5.73 Å². The molecule has 1 aliphatic rings. The minimum atomic E-state index is 0.103. The Bertz CT molecular complexity index is 617. The maximum atomic E-state index is 12.8. The normalized spacial score (nSPS) is 14.2. The fraction of sp³-hybridized carbons (Fsp3) is 0.312. The number of anilines is 1. The molecule has 104 valence electrons. The minimum Gasteiger partial charge on any atom is -0.398 e. The summed E-state index contributed by atoms with van der Waals surface area (Å²) in [4.78, 5) is 16.0. The number of hydrogen-bond acceptors (Lipinski definition) is 3. The summed E-state index contributed by atoms with van der Waals surface area (Å²) in [6.07, 6.45) is 2.22. The highest BCUT2D eigenvalue weighted by Gasteiger charge is 2.33. The van der Waals surface area contributed by atoms with E-state index in [1.54, 1.807) is 11.3 Å². The van der Waals surface area contributed by atoms with Crippen molar-refractivity contribution in [3.8, 4) is 0 Å². The second-order valence-electron chi connectivity index (χ2n) is 5.26. The Hall–Kier alpha value is -1.81. The van der Waals surface area contributed by atoms with E-state index in [0.29, 0.717) is 18.3 Å². The number of nitrogens with zero attached hydrogens (tertiary/aromatic N) is 1. The molecule has 2 aromatic rings. The van der Waals surface area contributed by atoms with Gasteiger partial charge < -0.3 is 10.6 Å². The molecule has 3 rings (SSSR count). The molecule has 0 bridgehead atoms. The largest absolute Gasteiger partial charge is 0.398 e. The van der Waals surface area contributed by atoms with Crippen LogP contribution < -0.4 is 5.73 Å². The van der Waals surface area contributed by atoms with Crippen LogP contribution in [0.4, 0.5) is 5.69 Å². The summed E-state index contributed by atoms with van der Waals surface area (Å²) in [6, 6.07) is 10.1. The van der Waals surface area contributed by atoms with Crippen LogP contribution >= 0.6 is 11.3 Å². The van der Waals surface area contributed by atoms with E-state index in [9.17, 15) is 4.79 Å². The van der Waals surface area contributed by atoms with Crippen LogP contribution in [0.1, 0.15) is 33.6 Å². The van der Waals surface area contributed by atoms with Crippen molar-refractivity contribution in [1.29, 1.82) is 0 Å². The van der Waals surface area contributed by atoms with E-state index < -0.39 is 0 Å². The lowest BCUT2D eigenvalue weighted by Crippen LogP contribution is -2.32. The van der Waals surface area contributed by atoms with Crippen molar-refractivity contribution >= 4 is 22.9 Å². The van der Waals surface area contributed by atoms with Gasteiger partial charge in [-0.2, -0.15) is 0 Å². The summed E-state index contributed by atoms with van der Waals surface area (Å²) in [6.45, 7) is 2.62. The van der Waals surface area contributed by atoms with Gasteiger partial charge in [-0.25, -0.2) is 0 Å². The van der Waals surface area contributed by atoms with Crippen molar-refractivity contribution in [2.24, 2.45) is 0 Å². The lowest BCUT2D eigenvalue weighted by atomic mass is 10.1. The van der Waals surface area contributed by atoms with E-state index >= 15 is 0 Å². The number of amides is 1. The molecule has 0 saturated heterocycles. The van der Waals surface area contributed by atoms with E-state index in [2.05, 4.69) is 11.4 Å². The first kappa shape index (κ1) is 13.2. The summed E-state index contributed by atoms with van der Waals surface area (Å²) in [5.41, 5.74) is 8.21. The first-order chi connectivity index (χ1) is 9.66. The number of carbonyl (C=O) groups is 1. The third-order valence-corrected chi connectivity index (χ3v) is 4.62. The van der Waals surface area contributed by atoms with Gasteiger partial charge in [0.15, 0.2) is 0 Å². The smallest absolute Gasteiger partial charge is 0.254 e. The van der Waals surface area contributed by atoms with Crippen molar-refractivity contribution < 1.29 is 4.79 Å². The van der Waals surface area contributed by atoms with Crippen LogP contribution in [-0.2, 0) is 6.54 Å². The van der Waals surface area contributed by atoms with Gasteiger partial charge in [-0.1, -0.05) is 12.1 Å². The predicted octanol–water partition coefficient (Wildman–Crippen LogP) is 3.44. The highest BCUT2D eigenvalue weighted by Crippen LogP contribution is 2.31. The Kier molecular flexibility index (Phi) is 3.49. The maximum absolute atomic E-state index is 12.8. The van der Waals surface area contributed by atoms with Crippen molar-refractivity contribution in [1.82, 2.24) is 4.90 Å². The second kappa shape index (κ2) is 5.29. The molecule has 1 saturated carbocycles. The van der Waals surface area contributed by atoms with Gasteiger partial charge in [0.25, 0.3) is 5.91 Å². The molecule has 1 amide bonds. The standard InChI is InChI=1S/C16H18N2OS/c1-11-14(5-2-6-15(11)17)16(19)18(12-7-8-12)10-13-4-3-9-20-13/h2-6,9,12H,7-8,10,17H2,1H3. The van der Waals surface area contributed by atoms with E-state index in [0.717, 1.165) is 24.0 Å². The zero-order chi connectivity index (χ0) is 14.1. The summed E-state index contributed by atoms with van der Waals surface area (Å²) < 4.78 is 0. The number of nitrogen functional groups attached to an aromatic ring is 1. The van der Waals surface area contributed by atoms with Crippen LogP contribution in [0.3, 0.4) is 0 Å². The van der Waals surface area contributed by atoms with Gasteiger partial charge >= 0.3 is 0 Å². The van der Waals surface area contributed by atoms with Gasteiger partial charge in [0, 0.05) is 22.2 Å². The average molecular weight is 286 g/mol. The van der Waals surface area contributed by atoms with Crippen LogP contribution in [-0.4, -0.2) is 16.8 Å². The third-order valence-electron chi connectivity index (χ3n) is 3.76. The molecule has 2 N–H and O–H groups in total. The molecule has 0 unspecified atom stereocenters. The number of carbonyl (C=O) groups excluding carboxylic acids is 1. The Morgan fingerprint density at radius 1 is 1.35 bits per heavy atom. The van der Waals surface area contributed by atoms with Crippen molar-refractivity contribution in [3.63, 3.8) is 0 Å². The Morgan fingerprint density at radius 3 is 2.80 bits per heavy atom. The Morgan fingerprint density at radius 2 is 2.15 bits per heavy atom. The summed E-state index contributed by atoms with van der Waals surface area (Å²) in [7, 11) is 0. The van der Waals surface area contributed by atoms with Crippen molar-refractivity contribution in [3.05, 3.63) is 51.7 Å². The molecule has 20 heavy (non-hydrogen) atoms. The molecule has 0 atom stereocenters. The maximum Gasteiger partial charge on any atom is 0.254 e. The van der Waals surface area contributed by atoms with Gasteiger partial charge in [-0.3, -0.25) is 4.79 Å². The highest BCUT2D eigenvalue weighted by atomic mass is 32.1. The highest BCUT2D eigenvalue weighted by molar-refractivity contribution is 7.09. The lowest BCUT2D eigenvalue weighted by Gasteiger charge is -2.23. The van der Waals surface area contributed by atoms with Crippen LogP contribution in [0.15, 0.2) is 35.7 Å². The lowest BCUT2D eigenvalue weighted by molar-refractivity contribution is 0.0731. The molecule has 3 nitrogen and oxygen atoms in total. The summed E-state index contributed by atoms with van der Waals surface area (Å²) in [5, 5.41) is 2.05. The molecule has 1 aromatic heterocycles. The van der Waals surface area contributed by atoms with Crippen LogP contribution in [0.25, 0.3) is 0 Å². The second-order valence-corrected chi connectivity index (χ2v) is 6.30. The first-order valence-corrected chi connectivity index (χ1v) is 7.73. The van der Waals surface area contributed by atoms with E-state index in [-0.39, 0.29) is 5.91 Å².